The van der Waals surface area contributed by atoms with E-state index in [-0.39, 0.29) is 6.42 Å². The molecule has 5 rings (SSSR count). The van der Waals surface area contributed by atoms with Crippen LogP contribution < -0.4 is 0 Å². The normalized spacial score (nSPS) is 26.4. The summed E-state index contributed by atoms with van der Waals surface area (Å²) in [6.07, 6.45) is 0.277. The number of nitrogens with zero attached hydrogens (tertiary/aromatic N) is 1. The molecule has 0 radical (unpaired) electrons. The van der Waals surface area contributed by atoms with Gasteiger partial charge in [0.2, 0.25) is 5.72 Å². The molecular formula is C22H17NO2. The summed E-state index contributed by atoms with van der Waals surface area (Å²) in [6.45, 7) is 0. The van der Waals surface area contributed by atoms with Crippen molar-refractivity contribution in [2.24, 2.45) is 4.99 Å². The van der Waals surface area contributed by atoms with E-state index in [0.29, 0.717) is 5.56 Å². The van der Waals surface area contributed by atoms with Crippen LogP contribution in [0.5, 0.6) is 0 Å². The third-order valence-electron chi connectivity index (χ3n) is 5.37. The van der Waals surface area contributed by atoms with Crippen molar-refractivity contribution in [1.82, 2.24) is 0 Å². The Bertz CT molecular complexity index is 1010. The maximum Gasteiger partial charge on any atom is 0.217 e. The predicted molar refractivity (Wildman–Crippen MR) is 97.3 cm³/mol. The molecule has 0 saturated heterocycles. The first-order chi connectivity index (χ1) is 12.1. The summed E-state index contributed by atoms with van der Waals surface area (Å²) in [5, 5.41) is 23.2. The molecule has 3 aromatic rings. The van der Waals surface area contributed by atoms with Gasteiger partial charge < -0.3 is 10.2 Å². The van der Waals surface area contributed by atoms with Gasteiger partial charge in [0, 0.05) is 17.7 Å². The smallest absolute Gasteiger partial charge is 0.217 e. The standard InChI is InChI=1S/C22H17NO2/c24-21-14-20(15-8-2-1-3-9-15)23-22(21,25)19-13-7-5-11-17(19)16-10-4-6-12-18(16)21/h1-13,24-25H,14H2/t21-,22-/m0/s1. The predicted octanol–water partition coefficient (Wildman–Crippen LogP) is 3.59. The van der Waals surface area contributed by atoms with Crippen molar-refractivity contribution in [3.63, 3.8) is 0 Å². The average molecular weight is 327 g/mol. The highest BCUT2D eigenvalue weighted by molar-refractivity contribution is 6.04. The van der Waals surface area contributed by atoms with Crippen molar-refractivity contribution < 1.29 is 10.2 Å². The Morgan fingerprint density at radius 3 is 1.96 bits per heavy atom. The number of fused-ring (bicyclic) bond motifs is 6. The number of rotatable bonds is 1. The molecule has 3 nitrogen and oxygen atoms in total. The number of hydrogen-bond acceptors (Lipinski definition) is 3. The molecule has 0 saturated carbocycles. The summed E-state index contributed by atoms with van der Waals surface area (Å²) in [4.78, 5) is 4.65. The molecule has 0 spiro atoms. The van der Waals surface area contributed by atoms with Crippen LogP contribution in [-0.4, -0.2) is 15.9 Å². The second-order valence-corrected chi connectivity index (χ2v) is 6.72. The fraction of sp³-hybridized carbons (Fsp3) is 0.136. The number of hydrogen-bond donors (Lipinski definition) is 2. The van der Waals surface area contributed by atoms with E-state index < -0.39 is 11.3 Å². The molecule has 2 aliphatic rings. The fourth-order valence-corrected chi connectivity index (χ4v) is 4.16. The zero-order chi connectivity index (χ0) is 17.1. The van der Waals surface area contributed by atoms with E-state index in [0.717, 1.165) is 28.0 Å². The Balaban J connectivity index is 1.81. The zero-order valence-electron chi connectivity index (χ0n) is 13.6. The summed E-state index contributed by atoms with van der Waals surface area (Å²) in [5.41, 5.74) is 1.75. The van der Waals surface area contributed by atoms with Gasteiger partial charge in [-0.1, -0.05) is 78.9 Å². The first-order valence-corrected chi connectivity index (χ1v) is 8.42. The molecule has 0 unspecified atom stereocenters. The molecule has 25 heavy (non-hydrogen) atoms. The number of aliphatic hydroxyl groups is 2. The third-order valence-corrected chi connectivity index (χ3v) is 5.37. The van der Waals surface area contributed by atoms with Gasteiger partial charge in [-0.05, 0) is 22.3 Å². The van der Waals surface area contributed by atoms with Gasteiger partial charge in [-0.2, -0.15) is 0 Å². The minimum atomic E-state index is -1.68. The van der Waals surface area contributed by atoms with Gasteiger partial charge in [-0.3, -0.25) is 0 Å². The van der Waals surface area contributed by atoms with Gasteiger partial charge in [-0.15, -0.1) is 0 Å². The molecule has 122 valence electrons. The van der Waals surface area contributed by atoms with Gasteiger partial charge in [0.05, 0.1) is 0 Å². The Morgan fingerprint density at radius 1 is 0.680 bits per heavy atom. The largest absolute Gasteiger partial charge is 0.379 e. The second kappa shape index (κ2) is 4.88. The SMILES string of the molecule is O[C@]12CC(c3ccccc3)=N[C@]1(O)c1ccccc1-c1ccccc12. The van der Waals surface area contributed by atoms with E-state index in [9.17, 15) is 10.2 Å². The van der Waals surface area contributed by atoms with Crippen LogP contribution in [0.2, 0.25) is 0 Å². The molecule has 3 heteroatoms. The summed E-state index contributed by atoms with van der Waals surface area (Å²) >= 11 is 0. The van der Waals surface area contributed by atoms with Gasteiger partial charge in [-0.25, -0.2) is 4.99 Å². The Kier molecular flexibility index (Phi) is 2.85. The highest BCUT2D eigenvalue weighted by Gasteiger charge is 2.60. The van der Waals surface area contributed by atoms with E-state index in [2.05, 4.69) is 4.99 Å². The highest BCUT2D eigenvalue weighted by Crippen LogP contribution is 2.57. The van der Waals surface area contributed by atoms with E-state index >= 15 is 0 Å². The molecule has 3 aromatic carbocycles. The van der Waals surface area contributed by atoms with Crippen LogP contribution in [-0.2, 0) is 11.3 Å². The van der Waals surface area contributed by atoms with Crippen molar-refractivity contribution in [3.05, 3.63) is 95.6 Å². The lowest BCUT2D eigenvalue weighted by Gasteiger charge is -2.42. The first-order valence-electron chi connectivity index (χ1n) is 8.42. The summed E-state index contributed by atoms with van der Waals surface area (Å²) in [7, 11) is 0. The zero-order valence-corrected chi connectivity index (χ0v) is 13.6. The highest BCUT2D eigenvalue weighted by atomic mass is 16.4. The molecular weight excluding hydrogens is 310 g/mol. The van der Waals surface area contributed by atoms with E-state index in [1.54, 1.807) is 0 Å². The van der Waals surface area contributed by atoms with E-state index in [1.165, 1.54) is 0 Å². The van der Waals surface area contributed by atoms with E-state index in [4.69, 9.17) is 0 Å². The Hall–Kier alpha value is -2.75. The molecule has 0 fully saturated rings. The van der Waals surface area contributed by atoms with Crippen LogP contribution in [0.1, 0.15) is 23.1 Å². The van der Waals surface area contributed by atoms with Crippen molar-refractivity contribution in [2.45, 2.75) is 17.7 Å². The molecule has 1 aliphatic carbocycles. The van der Waals surface area contributed by atoms with Gasteiger partial charge in [0.15, 0.2) is 0 Å². The van der Waals surface area contributed by atoms with Crippen molar-refractivity contribution in [2.75, 3.05) is 0 Å². The van der Waals surface area contributed by atoms with Crippen LogP contribution in [0.25, 0.3) is 11.1 Å². The summed E-state index contributed by atoms with van der Waals surface area (Å²) in [6, 6.07) is 25.1. The minimum Gasteiger partial charge on any atom is -0.379 e. The van der Waals surface area contributed by atoms with Crippen LogP contribution in [0, 0.1) is 0 Å². The molecule has 2 N–H and O–H groups in total. The lowest BCUT2D eigenvalue weighted by molar-refractivity contribution is -0.147. The molecule has 0 aromatic heterocycles. The first kappa shape index (κ1) is 14.6. The lowest BCUT2D eigenvalue weighted by Crippen LogP contribution is -2.47. The van der Waals surface area contributed by atoms with Crippen molar-refractivity contribution in [1.29, 1.82) is 0 Å². The maximum atomic E-state index is 11.6. The van der Waals surface area contributed by atoms with Crippen LogP contribution >= 0.6 is 0 Å². The molecule has 1 heterocycles. The average Bonchev–Trinajstić information content (AvgIpc) is 2.96. The summed E-state index contributed by atoms with van der Waals surface area (Å²) < 4.78 is 0. The van der Waals surface area contributed by atoms with Gasteiger partial charge in [0.1, 0.15) is 5.60 Å². The Labute approximate surface area is 145 Å². The maximum absolute atomic E-state index is 11.6. The second-order valence-electron chi connectivity index (χ2n) is 6.72. The number of aliphatic imine (C=N–C) groups is 1. The van der Waals surface area contributed by atoms with Crippen LogP contribution in [0.3, 0.4) is 0 Å². The Morgan fingerprint density at radius 2 is 1.24 bits per heavy atom. The third kappa shape index (κ3) is 1.79. The van der Waals surface area contributed by atoms with Crippen molar-refractivity contribution in [3.8, 4) is 11.1 Å². The lowest BCUT2D eigenvalue weighted by atomic mass is 9.69. The summed E-state index contributed by atoms with van der Waals surface area (Å²) in [5.74, 6) is 0. The van der Waals surface area contributed by atoms with Gasteiger partial charge >= 0.3 is 0 Å². The molecule has 2 atom stereocenters. The molecule has 0 bridgehead atoms. The quantitative estimate of drug-likeness (QED) is 0.717. The van der Waals surface area contributed by atoms with E-state index in [1.807, 2.05) is 78.9 Å². The van der Waals surface area contributed by atoms with Gasteiger partial charge in [0.25, 0.3) is 0 Å². The number of benzene rings is 3. The minimum absolute atomic E-state index is 0.277. The monoisotopic (exact) mass is 327 g/mol. The van der Waals surface area contributed by atoms with Crippen LogP contribution in [0.15, 0.2) is 83.9 Å². The van der Waals surface area contributed by atoms with Crippen LogP contribution in [0.4, 0.5) is 0 Å². The van der Waals surface area contributed by atoms with Crippen molar-refractivity contribution >= 4 is 5.71 Å². The topological polar surface area (TPSA) is 52.8 Å². The molecule has 0 amide bonds. The fourth-order valence-electron chi connectivity index (χ4n) is 4.16. The molecule has 1 aliphatic heterocycles.